The number of carbonyl (C=O) groups is 1. The molecule has 1 heterocycles. The van der Waals surface area contributed by atoms with Gasteiger partial charge in [-0.25, -0.2) is 18.6 Å². The molecule has 0 saturated heterocycles. The first kappa shape index (κ1) is 23.5. The quantitative estimate of drug-likeness (QED) is 0.374. The number of carboxylic acid groups (broad SMARTS) is 1. The average molecular weight is 445 g/mol. The number of hydrogen-bond donors (Lipinski definition) is 4. The summed E-state index contributed by atoms with van der Waals surface area (Å²) in [5, 5.41) is 33.5. The zero-order valence-corrected chi connectivity index (χ0v) is 17.6. The number of nitrogens with one attached hydrogen (secondary N) is 1. The summed E-state index contributed by atoms with van der Waals surface area (Å²) in [6.07, 6.45) is 0.867. The van der Waals surface area contributed by atoms with Crippen LogP contribution >= 0.6 is 0 Å². The van der Waals surface area contributed by atoms with Crippen LogP contribution in [0.4, 0.5) is 19.4 Å². The van der Waals surface area contributed by atoms with Gasteiger partial charge in [-0.15, -0.1) is 0 Å². The van der Waals surface area contributed by atoms with E-state index in [4.69, 9.17) is 5.11 Å². The molecule has 0 bridgehead atoms. The van der Waals surface area contributed by atoms with Gasteiger partial charge >= 0.3 is 6.09 Å². The van der Waals surface area contributed by atoms with Crippen molar-refractivity contribution < 1.29 is 28.9 Å². The van der Waals surface area contributed by atoms with Gasteiger partial charge in [-0.1, -0.05) is 30.3 Å². The second-order valence-electron chi connectivity index (χ2n) is 7.69. The third kappa shape index (κ3) is 5.37. The molecule has 0 fully saturated rings. The fourth-order valence-corrected chi connectivity index (χ4v) is 3.72. The molecular formula is C23H25F2N3O4. The molecule has 0 saturated carbocycles. The monoisotopic (exact) mass is 445 g/mol. The number of pyridine rings is 1. The van der Waals surface area contributed by atoms with E-state index >= 15 is 0 Å². The fourth-order valence-electron chi connectivity index (χ4n) is 3.72. The topological polar surface area (TPSA) is 106 Å². The van der Waals surface area contributed by atoms with Crippen molar-refractivity contribution in [1.29, 1.82) is 0 Å². The van der Waals surface area contributed by atoms with Gasteiger partial charge in [-0.05, 0) is 43.0 Å². The molecule has 2 aromatic carbocycles. The molecule has 32 heavy (non-hydrogen) atoms. The molecular weight excluding hydrogens is 420 g/mol. The highest BCUT2D eigenvalue weighted by Gasteiger charge is 2.33. The molecule has 0 spiro atoms. The maximum atomic E-state index is 14.2. The van der Waals surface area contributed by atoms with E-state index in [2.05, 4.69) is 10.3 Å². The van der Waals surface area contributed by atoms with Crippen LogP contribution in [-0.2, 0) is 13.0 Å². The Kier molecular flexibility index (Phi) is 7.34. The molecule has 170 valence electrons. The maximum absolute atomic E-state index is 14.2. The Labute approximate surface area is 183 Å². The van der Waals surface area contributed by atoms with Crippen LogP contribution in [0.2, 0.25) is 0 Å². The molecule has 1 unspecified atom stereocenters. The van der Waals surface area contributed by atoms with Gasteiger partial charge in [-0.2, -0.15) is 0 Å². The number of halogens is 2. The first-order chi connectivity index (χ1) is 15.2. The van der Waals surface area contributed by atoms with Crippen molar-refractivity contribution >= 4 is 22.7 Å². The van der Waals surface area contributed by atoms with E-state index in [1.165, 1.54) is 23.2 Å². The Morgan fingerprint density at radius 1 is 1.19 bits per heavy atom. The number of benzene rings is 2. The minimum atomic E-state index is -1.49. The van der Waals surface area contributed by atoms with Gasteiger partial charge in [0.2, 0.25) is 0 Å². The summed E-state index contributed by atoms with van der Waals surface area (Å²) >= 11 is 0. The number of likely N-dealkylation sites (N-methyl/N-ethyl adjacent to an activating group) is 1. The van der Waals surface area contributed by atoms with Crippen molar-refractivity contribution in [2.24, 2.45) is 0 Å². The predicted octanol–water partition coefficient (Wildman–Crippen LogP) is 3.74. The van der Waals surface area contributed by atoms with Crippen LogP contribution in [0.25, 0.3) is 10.8 Å². The summed E-state index contributed by atoms with van der Waals surface area (Å²) in [5.74, 6) is -1.79. The molecule has 0 aliphatic rings. The van der Waals surface area contributed by atoms with E-state index in [9.17, 15) is 23.8 Å². The zero-order chi connectivity index (χ0) is 23.3. The van der Waals surface area contributed by atoms with Crippen molar-refractivity contribution in [3.8, 4) is 0 Å². The number of aliphatic hydroxyl groups is 2. The fraction of sp³-hybridized carbons (Fsp3) is 0.304. The lowest BCUT2D eigenvalue weighted by atomic mass is 9.93. The second kappa shape index (κ2) is 9.99. The SMILES string of the molecule is CN(Cc1cccc(F)c1F)C(O)(CCCO)Cc1cccc2cnc(NC(=O)O)cc12. The van der Waals surface area contributed by atoms with Crippen molar-refractivity contribution in [3.63, 3.8) is 0 Å². The smallest absolute Gasteiger partial charge is 0.410 e. The molecule has 7 nitrogen and oxygen atoms in total. The van der Waals surface area contributed by atoms with Gasteiger partial charge in [0.1, 0.15) is 11.5 Å². The van der Waals surface area contributed by atoms with Gasteiger partial charge in [-0.3, -0.25) is 10.2 Å². The Balaban J connectivity index is 1.95. The predicted molar refractivity (Wildman–Crippen MR) is 116 cm³/mol. The van der Waals surface area contributed by atoms with Crippen LogP contribution in [0, 0.1) is 11.6 Å². The molecule has 3 rings (SSSR count). The normalized spacial score (nSPS) is 13.3. The molecule has 1 atom stereocenters. The minimum Gasteiger partial charge on any atom is -0.465 e. The lowest BCUT2D eigenvalue weighted by molar-refractivity contribution is -0.108. The van der Waals surface area contributed by atoms with Crippen LogP contribution in [0.5, 0.6) is 0 Å². The number of rotatable bonds is 9. The Morgan fingerprint density at radius 3 is 2.62 bits per heavy atom. The molecule has 1 aromatic heterocycles. The van der Waals surface area contributed by atoms with Gasteiger partial charge in [0.15, 0.2) is 11.6 Å². The highest BCUT2D eigenvalue weighted by molar-refractivity contribution is 5.90. The van der Waals surface area contributed by atoms with E-state index in [1.54, 1.807) is 25.2 Å². The summed E-state index contributed by atoms with van der Waals surface area (Å²) in [4.78, 5) is 16.6. The molecule has 0 aliphatic carbocycles. The minimum absolute atomic E-state index is 0.0519. The summed E-state index contributed by atoms with van der Waals surface area (Å²) in [6.45, 7) is -0.194. The Hall–Kier alpha value is -3.14. The van der Waals surface area contributed by atoms with E-state index in [0.717, 1.165) is 11.5 Å². The molecule has 0 aliphatic heterocycles. The lowest BCUT2D eigenvalue weighted by Gasteiger charge is -2.38. The van der Waals surface area contributed by atoms with Crippen LogP contribution < -0.4 is 5.32 Å². The second-order valence-corrected chi connectivity index (χ2v) is 7.69. The van der Waals surface area contributed by atoms with Gasteiger partial charge < -0.3 is 15.3 Å². The average Bonchev–Trinajstić information content (AvgIpc) is 2.75. The van der Waals surface area contributed by atoms with Crippen molar-refractivity contribution in [2.45, 2.75) is 31.5 Å². The van der Waals surface area contributed by atoms with Crippen molar-refractivity contribution in [1.82, 2.24) is 9.88 Å². The van der Waals surface area contributed by atoms with E-state index in [1.807, 2.05) is 6.07 Å². The van der Waals surface area contributed by atoms with E-state index in [-0.39, 0.29) is 37.4 Å². The number of aliphatic hydroxyl groups excluding tert-OH is 1. The van der Waals surface area contributed by atoms with Crippen LogP contribution in [0.1, 0.15) is 24.0 Å². The standard InChI is InChI=1S/C23H25F2N3O4/c1-28(14-17-7-3-8-19(24)21(17)25)23(32,9-4-10-29)12-15-5-2-6-16-13-26-20(11-18(15)16)27-22(30)31/h2-3,5-8,11,13,29,32H,4,9-10,12,14H2,1H3,(H,26,27)(H,30,31). The Bertz CT molecular complexity index is 1110. The highest BCUT2D eigenvalue weighted by Crippen LogP contribution is 2.30. The molecule has 1 amide bonds. The molecule has 0 radical (unpaired) electrons. The number of anilines is 1. The van der Waals surface area contributed by atoms with E-state index in [0.29, 0.717) is 17.4 Å². The molecule has 4 N–H and O–H groups in total. The number of amides is 1. The van der Waals surface area contributed by atoms with Gasteiger partial charge in [0.25, 0.3) is 0 Å². The third-order valence-corrected chi connectivity index (χ3v) is 5.45. The number of hydrogen-bond acceptors (Lipinski definition) is 5. The van der Waals surface area contributed by atoms with Crippen molar-refractivity contribution in [2.75, 3.05) is 19.0 Å². The first-order valence-electron chi connectivity index (χ1n) is 10.1. The van der Waals surface area contributed by atoms with E-state index < -0.39 is 23.5 Å². The van der Waals surface area contributed by atoms with Crippen LogP contribution in [-0.4, -0.2) is 50.7 Å². The first-order valence-corrected chi connectivity index (χ1v) is 10.1. The summed E-state index contributed by atoms with van der Waals surface area (Å²) in [6, 6.07) is 10.9. The number of nitrogens with zero attached hydrogens (tertiary/aromatic N) is 2. The zero-order valence-electron chi connectivity index (χ0n) is 17.6. The summed E-state index contributed by atoms with van der Waals surface area (Å²) in [7, 11) is 1.60. The number of fused-ring (bicyclic) bond motifs is 1. The van der Waals surface area contributed by atoms with Gasteiger partial charge in [0, 0.05) is 36.7 Å². The van der Waals surface area contributed by atoms with Gasteiger partial charge in [0.05, 0.1) is 0 Å². The summed E-state index contributed by atoms with van der Waals surface area (Å²) in [5.41, 5.74) is -0.672. The Morgan fingerprint density at radius 2 is 1.91 bits per heavy atom. The third-order valence-electron chi connectivity index (χ3n) is 5.45. The van der Waals surface area contributed by atoms with Crippen LogP contribution in [0.3, 0.4) is 0 Å². The summed E-state index contributed by atoms with van der Waals surface area (Å²) < 4.78 is 27.8. The lowest BCUT2D eigenvalue weighted by Crippen LogP contribution is -2.48. The maximum Gasteiger partial charge on any atom is 0.410 e. The number of aromatic nitrogens is 1. The molecule has 9 heteroatoms. The molecule has 3 aromatic rings. The largest absolute Gasteiger partial charge is 0.465 e. The van der Waals surface area contributed by atoms with Crippen LogP contribution in [0.15, 0.2) is 48.7 Å². The van der Waals surface area contributed by atoms with Crippen molar-refractivity contribution in [3.05, 3.63) is 71.4 Å². The highest BCUT2D eigenvalue weighted by atomic mass is 19.2.